The van der Waals surface area contributed by atoms with Gasteiger partial charge in [0.15, 0.2) is 0 Å². The molecule has 2 rings (SSSR count). The molecular formula is C12H11ClNO5+. The molecule has 2 amide bonds. The Morgan fingerprint density at radius 3 is 2.21 bits per heavy atom. The average molecular weight is 285 g/mol. The fourth-order valence-corrected chi connectivity index (χ4v) is 1.84. The summed E-state index contributed by atoms with van der Waals surface area (Å²) < 4.78 is 0. The van der Waals surface area contributed by atoms with Gasteiger partial charge in [0.25, 0.3) is 0 Å². The number of carbonyl (C=O) groups excluding carboxylic acids is 3. The molecule has 1 aliphatic heterocycles. The standard InChI is InChI=1S/C12H11ClNO5/c13-7-8-1-3-9(4-2-8)12(17)19-14(18)10(15)5-6-11(14)16/h1-4,18H,5-7H2/q+1. The fraction of sp³-hybridized carbons (Fsp3) is 0.250. The van der Waals surface area contributed by atoms with Crippen LogP contribution in [-0.4, -0.2) is 27.8 Å². The Kier molecular flexibility index (Phi) is 3.66. The van der Waals surface area contributed by atoms with Gasteiger partial charge in [-0.1, -0.05) is 12.1 Å². The van der Waals surface area contributed by atoms with Gasteiger partial charge in [0, 0.05) is 5.88 Å². The predicted molar refractivity (Wildman–Crippen MR) is 62.7 cm³/mol. The van der Waals surface area contributed by atoms with Crippen molar-refractivity contribution in [3.63, 3.8) is 0 Å². The molecule has 1 N–H and O–H groups in total. The van der Waals surface area contributed by atoms with Crippen LogP contribution in [0.2, 0.25) is 0 Å². The van der Waals surface area contributed by atoms with E-state index in [2.05, 4.69) is 4.84 Å². The number of alkyl halides is 1. The van der Waals surface area contributed by atoms with Crippen molar-refractivity contribution in [3.8, 4) is 0 Å². The molecule has 1 aliphatic rings. The van der Waals surface area contributed by atoms with E-state index in [0.29, 0.717) is 5.88 Å². The number of halogens is 1. The molecule has 0 aromatic heterocycles. The SMILES string of the molecule is O=C(O[N+]1(O)C(=O)CCC1=O)c1ccc(CCl)cc1. The summed E-state index contributed by atoms with van der Waals surface area (Å²) in [4.78, 5) is 37.2. The van der Waals surface area contributed by atoms with Crippen LogP contribution in [-0.2, 0) is 20.3 Å². The van der Waals surface area contributed by atoms with Crippen LogP contribution in [0.3, 0.4) is 0 Å². The monoisotopic (exact) mass is 284 g/mol. The van der Waals surface area contributed by atoms with Crippen molar-refractivity contribution >= 4 is 29.4 Å². The van der Waals surface area contributed by atoms with Crippen LogP contribution in [0, 0.1) is 0 Å². The molecule has 1 heterocycles. The molecule has 1 fully saturated rings. The number of hydrogen-bond acceptors (Lipinski definition) is 5. The summed E-state index contributed by atoms with van der Waals surface area (Å²) in [6, 6.07) is 6.10. The fourth-order valence-electron chi connectivity index (χ4n) is 1.66. The van der Waals surface area contributed by atoms with E-state index in [1.807, 2.05) is 0 Å². The molecule has 6 nitrogen and oxygen atoms in total. The van der Waals surface area contributed by atoms with Gasteiger partial charge >= 0.3 is 17.8 Å². The Morgan fingerprint density at radius 2 is 1.74 bits per heavy atom. The van der Waals surface area contributed by atoms with Crippen molar-refractivity contribution in [1.82, 2.24) is 0 Å². The first-order valence-electron chi connectivity index (χ1n) is 5.55. The summed E-state index contributed by atoms with van der Waals surface area (Å²) in [7, 11) is 0. The summed E-state index contributed by atoms with van der Waals surface area (Å²) in [5.74, 6) is -2.36. The molecule has 1 saturated heterocycles. The lowest BCUT2D eigenvalue weighted by Gasteiger charge is -2.15. The van der Waals surface area contributed by atoms with Gasteiger partial charge in [-0.25, -0.2) is 19.2 Å². The van der Waals surface area contributed by atoms with Crippen molar-refractivity contribution in [2.75, 3.05) is 0 Å². The van der Waals surface area contributed by atoms with Crippen LogP contribution in [0.1, 0.15) is 28.8 Å². The largest absolute Gasteiger partial charge is 0.403 e. The molecule has 0 bridgehead atoms. The highest BCUT2D eigenvalue weighted by atomic mass is 35.5. The average Bonchev–Trinajstić information content (AvgIpc) is 2.66. The molecule has 0 aliphatic carbocycles. The molecule has 0 spiro atoms. The van der Waals surface area contributed by atoms with E-state index < -0.39 is 22.6 Å². The Labute approximate surface area is 113 Å². The lowest BCUT2D eigenvalue weighted by atomic mass is 10.1. The third-order valence-corrected chi connectivity index (χ3v) is 3.10. The molecule has 100 valence electrons. The van der Waals surface area contributed by atoms with Gasteiger partial charge in [0.1, 0.15) is 4.81 Å². The lowest BCUT2D eigenvalue weighted by Crippen LogP contribution is -2.50. The zero-order valence-electron chi connectivity index (χ0n) is 9.84. The number of quaternary nitrogens is 1. The van der Waals surface area contributed by atoms with Gasteiger partial charge in [0.05, 0.1) is 18.4 Å². The summed E-state index contributed by atoms with van der Waals surface area (Å²) >= 11 is 5.61. The van der Waals surface area contributed by atoms with Crippen molar-refractivity contribution in [2.45, 2.75) is 18.7 Å². The zero-order chi connectivity index (χ0) is 14.0. The normalized spacial score (nSPS) is 17.6. The Bertz CT molecular complexity index is 524. The smallest absolute Gasteiger partial charge is 0.239 e. The van der Waals surface area contributed by atoms with Crippen LogP contribution < -0.4 is 0 Å². The summed E-state index contributed by atoms with van der Waals surface area (Å²) in [6.45, 7) is 0. The minimum Gasteiger partial charge on any atom is -0.239 e. The number of hydroxylamine groups is 4. The molecule has 19 heavy (non-hydrogen) atoms. The number of carbonyl (C=O) groups is 3. The van der Waals surface area contributed by atoms with E-state index in [0.717, 1.165) is 5.56 Å². The molecule has 1 aromatic rings. The first kappa shape index (κ1) is 13.7. The highest BCUT2D eigenvalue weighted by Crippen LogP contribution is 2.22. The lowest BCUT2D eigenvalue weighted by molar-refractivity contribution is -1.12. The van der Waals surface area contributed by atoms with Crippen LogP contribution in [0.15, 0.2) is 24.3 Å². The van der Waals surface area contributed by atoms with E-state index in [4.69, 9.17) is 11.6 Å². The van der Waals surface area contributed by atoms with Crippen molar-refractivity contribution in [2.24, 2.45) is 0 Å². The highest BCUT2D eigenvalue weighted by molar-refractivity contribution is 6.17. The number of imide groups is 1. The van der Waals surface area contributed by atoms with Gasteiger partial charge in [-0.3, -0.25) is 0 Å². The quantitative estimate of drug-likeness (QED) is 0.394. The predicted octanol–water partition coefficient (Wildman–Crippen LogP) is 1.55. The van der Waals surface area contributed by atoms with E-state index in [9.17, 15) is 19.6 Å². The van der Waals surface area contributed by atoms with Gasteiger partial charge < -0.3 is 0 Å². The van der Waals surface area contributed by atoms with Gasteiger partial charge in [-0.05, 0) is 17.7 Å². The van der Waals surface area contributed by atoms with E-state index in [1.165, 1.54) is 12.1 Å². The molecule has 0 atom stereocenters. The molecule has 1 aromatic carbocycles. The Balaban J connectivity index is 2.16. The molecule has 7 heteroatoms. The second-order valence-corrected chi connectivity index (χ2v) is 4.34. The van der Waals surface area contributed by atoms with Crippen LogP contribution in [0.4, 0.5) is 0 Å². The zero-order valence-corrected chi connectivity index (χ0v) is 10.6. The van der Waals surface area contributed by atoms with E-state index >= 15 is 0 Å². The topological polar surface area (TPSA) is 80.7 Å². The second-order valence-electron chi connectivity index (χ2n) is 4.07. The first-order valence-corrected chi connectivity index (χ1v) is 6.08. The third-order valence-electron chi connectivity index (χ3n) is 2.79. The van der Waals surface area contributed by atoms with Crippen LogP contribution in [0.5, 0.6) is 0 Å². The van der Waals surface area contributed by atoms with Gasteiger partial charge in [-0.2, -0.15) is 5.21 Å². The highest BCUT2D eigenvalue weighted by Gasteiger charge is 2.55. The van der Waals surface area contributed by atoms with Crippen molar-refractivity contribution in [1.29, 1.82) is 0 Å². The number of rotatable bonds is 3. The van der Waals surface area contributed by atoms with Crippen LogP contribution >= 0.6 is 11.6 Å². The summed E-state index contributed by atoms with van der Waals surface area (Å²) in [5, 5.41) is 9.74. The molecule has 0 saturated carbocycles. The molecular weight excluding hydrogens is 274 g/mol. The third kappa shape index (κ3) is 2.51. The minimum atomic E-state index is -1.91. The van der Waals surface area contributed by atoms with Crippen LogP contribution in [0.25, 0.3) is 0 Å². The number of benzene rings is 1. The number of amides is 2. The molecule has 0 radical (unpaired) electrons. The van der Waals surface area contributed by atoms with Gasteiger partial charge in [-0.15, -0.1) is 11.6 Å². The summed E-state index contributed by atoms with van der Waals surface area (Å²) in [6.07, 6.45) is -0.290. The maximum atomic E-state index is 11.8. The summed E-state index contributed by atoms with van der Waals surface area (Å²) in [5.41, 5.74) is 0.923. The maximum Gasteiger partial charge on any atom is 0.403 e. The maximum absolute atomic E-state index is 11.8. The number of hydrogen-bond donors (Lipinski definition) is 1. The van der Waals surface area contributed by atoms with Crippen molar-refractivity contribution in [3.05, 3.63) is 35.4 Å². The minimum absolute atomic E-state index is 0.118. The van der Waals surface area contributed by atoms with Crippen molar-refractivity contribution < 1.29 is 29.2 Å². The Hall–Kier alpha value is -1.76. The molecule has 0 unspecified atom stereocenters. The Morgan fingerprint density at radius 1 is 1.21 bits per heavy atom. The number of nitrogens with zero attached hydrogens (tertiary/aromatic N) is 1. The second kappa shape index (κ2) is 5.08. The van der Waals surface area contributed by atoms with Gasteiger partial charge in [0.2, 0.25) is 0 Å². The van der Waals surface area contributed by atoms with E-state index in [1.54, 1.807) is 12.1 Å². The first-order chi connectivity index (χ1) is 8.97. The van der Waals surface area contributed by atoms with E-state index in [-0.39, 0.29) is 18.4 Å².